The fraction of sp³-hybridized carbons (Fsp3) is 0.815. The van der Waals surface area contributed by atoms with Crippen LogP contribution in [-0.2, 0) is 28.7 Å². The van der Waals surface area contributed by atoms with E-state index >= 15 is 0 Å². The van der Waals surface area contributed by atoms with Gasteiger partial charge < -0.3 is 29.8 Å². The number of nitrogens with one attached hydrogen (secondary N) is 2. The number of ether oxygens (including phenoxy) is 2. The highest BCUT2D eigenvalue weighted by atomic mass is 16.6. The maximum absolute atomic E-state index is 13.5. The molecule has 2 N–H and O–H groups in total. The van der Waals surface area contributed by atoms with Crippen molar-refractivity contribution in [1.29, 1.82) is 0 Å². The summed E-state index contributed by atoms with van der Waals surface area (Å²) >= 11 is 0. The Hall–Kier alpha value is -2.98. The Bertz CT molecular complexity index is 1870. The van der Waals surface area contributed by atoms with E-state index in [4.69, 9.17) is 29.5 Å². The van der Waals surface area contributed by atoms with Gasteiger partial charge in [0, 0.05) is 59.7 Å². The van der Waals surface area contributed by atoms with Crippen LogP contribution in [0, 0.1) is 68.0 Å². The second-order valence-corrected chi connectivity index (χ2v) is 24.5. The number of hydrogen-bond donors (Lipinski definition) is 2. The zero-order valence-electron chi connectivity index (χ0n) is 40.6. The molecule has 2 saturated heterocycles. The van der Waals surface area contributed by atoms with Gasteiger partial charge in [0.2, 0.25) is 0 Å². The predicted molar refractivity (Wildman–Crippen MR) is 250 cm³/mol. The maximum atomic E-state index is 13.5. The van der Waals surface area contributed by atoms with Gasteiger partial charge in [-0.1, -0.05) is 89.0 Å². The lowest BCUT2D eigenvalue weighted by Crippen LogP contribution is -2.54. The summed E-state index contributed by atoms with van der Waals surface area (Å²) in [6.07, 6.45) is 24.6. The minimum Gasteiger partial charge on any atom is -0.459 e. The van der Waals surface area contributed by atoms with Crippen molar-refractivity contribution in [3.05, 3.63) is 35.5 Å². The Morgan fingerprint density at radius 1 is 0.562 bits per heavy atom. The van der Waals surface area contributed by atoms with Gasteiger partial charge in [-0.2, -0.15) is 0 Å². The van der Waals surface area contributed by atoms with Crippen molar-refractivity contribution in [2.45, 2.75) is 183 Å². The molecule has 0 radical (unpaired) electrons. The first kappa shape index (κ1) is 44.8. The summed E-state index contributed by atoms with van der Waals surface area (Å²) in [6.45, 7) is 23.0. The van der Waals surface area contributed by atoms with E-state index in [9.17, 15) is 9.59 Å². The van der Waals surface area contributed by atoms with Crippen LogP contribution in [0.4, 0.5) is 0 Å². The highest BCUT2D eigenvalue weighted by Crippen LogP contribution is 2.69. The minimum atomic E-state index is -0.417. The van der Waals surface area contributed by atoms with Gasteiger partial charge in [0.1, 0.15) is 24.4 Å². The highest BCUT2D eigenvalue weighted by Gasteiger charge is 2.63. The van der Waals surface area contributed by atoms with E-state index in [1.807, 2.05) is 0 Å². The fourth-order valence-electron chi connectivity index (χ4n) is 17.3. The molecule has 8 fully saturated rings. The van der Waals surface area contributed by atoms with E-state index < -0.39 is 11.9 Å². The molecule has 0 amide bonds. The van der Waals surface area contributed by atoms with Gasteiger partial charge in [-0.3, -0.25) is 0 Å². The number of oxime groups is 2. The summed E-state index contributed by atoms with van der Waals surface area (Å²) in [4.78, 5) is 39.1. The molecule has 2 heterocycles. The lowest BCUT2D eigenvalue weighted by atomic mass is 9.45. The highest BCUT2D eigenvalue weighted by molar-refractivity contribution is 5.94. The molecule has 2 aliphatic heterocycles. The molecule has 2 unspecified atom stereocenters. The van der Waals surface area contributed by atoms with E-state index in [0.717, 1.165) is 129 Å². The maximum Gasteiger partial charge on any atom is 0.331 e. The molecule has 0 aromatic rings. The zero-order valence-corrected chi connectivity index (χ0v) is 40.6. The van der Waals surface area contributed by atoms with Crippen molar-refractivity contribution in [1.82, 2.24) is 10.6 Å². The van der Waals surface area contributed by atoms with Crippen molar-refractivity contribution in [3.8, 4) is 0 Å². The average Bonchev–Trinajstić information content (AvgIpc) is 4.08. The van der Waals surface area contributed by atoms with Crippen molar-refractivity contribution in [2.75, 3.05) is 26.2 Å². The average molecular weight is 881 g/mol. The normalized spacial score (nSPS) is 46.5. The Labute approximate surface area is 384 Å². The third-order valence-electron chi connectivity index (χ3n) is 20.8. The molecule has 64 heavy (non-hydrogen) atoms. The Balaban J connectivity index is 0.746. The second-order valence-electron chi connectivity index (χ2n) is 24.5. The van der Waals surface area contributed by atoms with Crippen LogP contribution in [0.1, 0.15) is 158 Å². The van der Waals surface area contributed by atoms with Gasteiger partial charge in [0.25, 0.3) is 0 Å². The Kier molecular flexibility index (Phi) is 11.5. The summed E-state index contributed by atoms with van der Waals surface area (Å²) in [6, 6.07) is 0. The fourth-order valence-corrected chi connectivity index (χ4v) is 17.3. The lowest BCUT2D eigenvalue weighted by molar-refractivity contribution is -0.156. The third kappa shape index (κ3) is 7.21. The number of allylic oxidation sites excluding steroid dienone is 4. The van der Waals surface area contributed by atoms with Crippen LogP contribution in [0.3, 0.4) is 0 Å². The first-order valence-corrected chi connectivity index (χ1v) is 25.9. The molecule has 14 atom stereocenters. The molecule has 0 aromatic heterocycles. The zero-order chi connectivity index (χ0) is 44.9. The topological polar surface area (TPSA) is 120 Å². The first-order valence-electron chi connectivity index (χ1n) is 25.9. The number of carbonyl (C=O) groups excluding carboxylic acids is 2. The Morgan fingerprint density at radius 2 is 0.984 bits per heavy atom. The van der Waals surface area contributed by atoms with Gasteiger partial charge in [-0.15, -0.1) is 0 Å². The van der Waals surface area contributed by atoms with Crippen LogP contribution in [0.25, 0.3) is 0 Å². The van der Waals surface area contributed by atoms with Crippen LogP contribution in [0.5, 0.6) is 0 Å². The number of nitrogens with zero attached hydrogens (tertiary/aromatic N) is 2. The van der Waals surface area contributed by atoms with Crippen LogP contribution < -0.4 is 10.6 Å². The van der Waals surface area contributed by atoms with Gasteiger partial charge in [0.05, 0.1) is 11.4 Å². The molecule has 0 aromatic carbocycles. The minimum absolute atomic E-state index is 0.0597. The summed E-state index contributed by atoms with van der Waals surface area (Å²) in [5.41, 5.74) is 5.43. The number of fused-ring (bicyclic) bond motifs is 10. The largest absolute Gasteiger partial charge is 0.459 e. The van der Waals surface area contributed by atoms with Gasteiger partial charge >= 0.3 is 11.9 Å². The van der Waals surface area contributed by atoms with E-state index in [1.54, 1.807) is 11.1 Å². The van der Waals surface area contributed by atoms with Gasteiger partial charge in [-0.25, -0.2) is 9.59 Å². The lowest BCUT2D eigenvalue weighted by Gasteiger charge is -2.60. The van der Waals surface area contributed by atoms with E-state index in [-0.39, 0.29) is 56.9 Å². The smallest absolute Gasteiger partial charge is 0.331 e. The third-order valence-corrected chi connectivity index (χ3v) is 20.8. The standard InChI is InChI=1S/C54H80N4O6/c1-49(2)41-13-9-35-37-11-15-45(53(37,7)25-19-39(35)51(41,5)27-21-43(49)57-63-33-23-29-55-31-33)61-47(59)17-18-48(60)62-46-16-12-38-36-10-14-42-50(3,4)44(58-64-34-24-30-56-32-34)22-28-52(42,6)40(36)20-26-54(38,46)8/h13-14,17-18,33-40,45-46,55-56H,9-12,15-16,19-32H2,1-8H3/b18-17+,57-43?,58-44?/t33-,34-,35+,36+,37+,38+,39-,40-,45?,46?,51-,52-,53+,54+/m1/s1. The van der Waals surface area contributed by atoms with Gasteiger partial charge in [0.15, 0.2) is 0 Å². The molecule has 6 saturated carbocycles. The molecule has 352 valence electrons. The van der Waals surface area contributed by atoms with E-state index in [0.29, 0.717) is 35.5 Å². The Morgan fingerprint density at radius 3 is 1.38 bits per heavy atom. The van der Waals surface area contributed by atoms with Gasteiger partial charge in [-0.05, 0) is 149 Å². The van der Waals surface area contributed by atoms with Crippen molar-refractivity contribution in [2.24, 2.45) is 78.3 Å². The summed E-state index contributed by atoms with van der Waals surface area (Å²) in [7, 11) is 0. The molecule has 10 heteroatoms. The predicted octanol–water partition coefficient (Wildman–Crippen LogP) is 10.0. The first-order chi connectivity index (χ1) is 30.5. The van der Waals surface area contributed by atoms with Crippen LogP contribution in [0.2, 0.25) is 0 Å². The number of hydrogen-bond acceptors (Lipinski definition) is 10. The summed E-state index contributed by atoms with van der Waals surface area (Å²) in [5.74, 6) is 2.59. The van der Waals surface area contributed by atoms with Crippen molar-refractivity contribution in [3.63, 3.8) is 0 Å². The SMILES string of the molecule is CC1(C)C2=CC[C@@H]3[C@@H](CC[C@]4(C)C(OC(=O)/C=C/C(=O)OC5CC[C@H]6[C@@H]7CC=C8C(C)(C)C(=NO[C@@H]9CCNC9)CC[C@]8(C)[C@@H]7CC[C@]56C)CC[C@@H]34)[C@@]2(C)CCC1=NO[C@@H]1CCNC1. The molecule has 0 spiro atoms. The molecular formula is C54H80N4O6. The van der Waals surface area contributed by atoms with Crippen molar-refractivity contribution < 1.29 is 28.7 Å². The van der Waals surface area contributed by atoms with Crippen LogP contribution in [-0.4, -0.2) is 74.0 Å². The van der Waals surface area contributed by atoms with Crippen LogP contribution in [0.15, 0.2) is 45.8 Å². The molecule has 10 aliphatic rings. The number of esters is 2. The number of carbonyl (C=O) groups is 2. The molecule has 10 nitrogen and oxygen atoms in total. The molecule has 8 aliphatic carbocycles. The summed E-state index contributed by atoms with van der Waals surface area (Å²) in [5, 5.41) is 16.4. The van der Waals surface area contributed by atoms with Crippen LogP contribution >= 0.6 is 0 Å². The molecule has 0 bridgehead atoms. The quantitative estimate of drug-likeness (QED) is 0.107. The van der Waals surface area contributed by atoms with Crippen molar-refractivity contribution >= 4 is 23.4 Å². The molecular weight excluding hydrogens is 801 g/mol. The second kappa shape index (κ2) is 16.4. The summed E-state index contributed by atoms with van der Waals surface area (Å²) < 4.78 is 12.6. The number of rotatable bonds is 8. The van der Waals surface area contributed by atoms with E-state index in [1.165, 1.54) is 23.6 Å². The van der Waals surface area contributed by atoms with E-state index in [2.05, 4.69) is 78.2 Å². The molecule has 10 rings (SSSR count). The monoisotopic (exact) mass is 881 g/mol.